The zero-order valence-corrected chi connectivity index (χ0v) is 12.0. The molecule has 6 heteroatoms. The third-order valence-electron chi connectivity index (χ3n) is 3.35. The fourth-order valence-corrected chi connectivity index (χ4v) is 2.61. The van der Waals surface area contributed by atoms with Crippen molar-refractivity contribution in [3.63, 3.8) is 0 Å². The summed E-state index contributed by atoms with van der Waals surface area (Å²) in [4.78, 5) is 0. The molecule has 0 aliphatic carbocycles. The number of hydrogen-bond donors (Lipinski definition) is 1. The molecule has 1 fully saturated rings. The van der Waals surface area contributed by atoms with E-state index in [9.17, 15) is 13.2 Å². The highest BCUT2D eigenvalue weighted by Gasteiger charge is 2.31. The second-order valence-electron chi connectivity index (χ2n) is 4.75. The minimum Gasteiger partial charge on any atom is -0.381 e. The largest absolute Gasteiger partial charge is 0.416 e. The van der Waals surface area contributed by atoms with E-state index in [2.05, 4.69) is 21.2 Å². The number of hydrogen-bond acceptors (Lipinski definition) is 2. The lowest BCUT2D eigenvalue weighted by molar-refractivity contribution is -0.137. The molecule has 1 N–H and O–H groups in total. The van der Waals surface area contributed by atoms with E-state index >= 15 is 0 Å². The first-order valence-corrected chi connectivity index (χ1v) is 6.88. The molecule has 2 nitrogen and oxygen atoms in total. The van der Waals surface area contributed by atoms with Crippen LogP contribution in [0.5, 0.6) is 0 Å². The van der Waals surface area contributed by atoms with Gasteiger partial charge in [0, 0.05) is 28.7 Å². The Morgan fingerprint density at radius 3 is 2.68 bits per heavy atom. The summed E-state index contributed by atoms with van der Waals surface area (Å²) in [6, 6.07) is 3.81. The van der Waals surface area contributed by atoms with Crippen molar-refractivity contribution < 1.29 is 17.9 Å². The third-order valence-corrected chi connectivity index (χ3v) is 4.01. The van der Waals surface area contributed by atoms with Gasteiger partial charge in [-0.3, -0.25) is 0 Å². The SMILES string of the molecule is CC(Nc1ccc(C(F)(F)F)cc1Br)C1CCOC1. The number of benzene rings is 1. The average molecular weight is 338 g/mol. The zero-order chi connectivity index (χ0) is 14.0. The molecule has 1 heterocycles. The van der Waals surface area contributed by atoms with E-state index in [1.165, 1.54) is 6.07 Å². The Labute approximate surface area is 118 Å². The number of ether oxygens (including phenoxy) is 1. The first-order chi connectivity index (χ1) is 8.88. The van der Waals surface area contributed by atoms with E-state index in [0.29, 0.717) is 22.7 Å². The molecular weight excluding hydrogens is 323 g/mol. The molecular formula is C13H15BrF3NO. The van der Waals surface area contributed by atoms with Crippen molar-refractivity contribution >= 4 is 21.6 Å². The van der Waals surface area contributed by atoms with Crippen LogP contribution < -0.4 is 5.32 Å². The lowest BCUT2D eigenvalue weighted by Crippen LogP contribution is -2.26. The van der Waals surface area contributed by atoms with Crippen molar-refractivity contribution in [2.75, 3.05) is 18.5 Å². The summed E-state index contributed by atoms with van der Waals surface area (Å²) >= 11 is 3.18. The van der Waals surface area contributed by atoms with Gasteiger partial charge in [-0.05, 0) is 47.5 Å². The van der Waals surface area contributed by atoms with Crippen LogP contribution in [0.15, 0.2) is 22.7 Å². The topological polar surface area (TPSA) is 21.3 Å². The molecule has 1 saturated heterocycles. The van der Waals surface area contributed by atoms with Crippen molar-refractivity contribution in [1.82, 2.24) is 0 Å². The molecule has 1 aromatic rings. The number of nitrogens with one attached hydrogen (secondary N) is 1. The van der Waals surface area contributed by atoms with Gasteiger partial charge in [-0.1, -0.05) is 0 Å². The summed E-state index contributed by atoms with van der Waals surface area (Å²) in [7, 11) is 0. The van der Waals surface area contributed by atoms with Crippen LogP contribution >= 0.6 is 15.9 Å². The van der Waals surface area contributed by atoms with Gasteiger partial charge in [0.05, 0.1) is 12.2 Å². The van der Waals surface area contributed by atoms with Gasteiger partial charge >= 0.3 is 6.18 Å². The molecule has 1 aliphatic rings. The van der Waals surface area contributed by atoms with E-state index < -0.39 is 11.7 Å². The molecule has 0 amide bonds. The molecule has 1 aromatic carbocycles. The van der Waals surface area contributed by atoms with Crippen LogP contribution in [0, 0.1) is 5.92 Å². The fourth-order valence-electron chi connectivity index (χ4n) is 2.12. The molecule has 2 unspecified atom stereocenters. The van der Waals surface area contributed by atoms with E-state index in [4.69, 9.17) is 4.74 Å². The number of rotatable bonds is 3. The van der Waals surface area contributed by atoms with Crippen LogP contribution in [-0.4, -0.2) is 19.3 Å². The molecule has 1 aliphatic heterocycles. The van der Waals surface area contributed by atoms with Gasteiger partial charge in [-0.25, -0.2) is 0 Å². The Morgan fingerprint density at radius 2 is 2.16 bits per heavy atom. The smallest absolute Gasteiger partial charge is 0.381 e. The summed E-state index contributed by atoms with van der Waals surface area (Å²) in [6.45, 7) is 3.47. The maximum Gasteiger partial charge on any atom is 0.416 e. The van der Waals surface area contributed by atoms with Gasteiger partial charge in [-0.15, -0.1) is 0 Å². The van der Waals surface area contributed by atoms with Crippen molar-refractivity contribution in [3.05, 3.63) is 28.2 Å². The average Bonchev–Trinajstić information content (AvgIpc) is 2.84. The van der Waals surface area contributed by atoms with Gasteiger partial charge < -0.3 is 10.1 Å². The first-order valence-electron chi connectivity index (χ1n) is 6.09. The summed E-state index contributed by atoms with van der Waals surface area (Å²) in [5.41, 5.74) is 0.0224. The Hall–Kier alpha value is -0.750. The van der Waals surface area contributed by atoms with E-state index in [1.807, 2.05) is 6.92 Å². The first kappa shape index (κ1) is 14.7. The maximum atomic E-state index is 12.5. The molecule has 0 saturated carbocycles. The fraction of sp³-hybridized carbons (Fsp3) is 0.538. The van der Waals surface area contributed by atoms with Gasteiger partial charge in [0.2, 0.25) is 0 Å². The van der Waals surface area contributed by atoms with Gasteiger partial charge in [0.25, 0.3) is 0 Å². The zero-order valence-electron chi connectivity index (χ0n) is 10.4. The Bertz CT molecular complexity index is 444. The number of halogens is 4. The predicted octanol–water partition coefficient (Wildman–Crippen LogP) is 4.30. The van der Waals surface area contributed by atoms with Crippen LogP contribution in [0.2, 0.25) is 0 Å². The van der Waals surface area contributed by atoms with Crippen molar-refractivity contribution in [3.8, 4) is 0 Å². The summed E-state index contributed by atoms with van der Waals surface area (Å²) in [5, 5.41) is 3.24. The Kier molecular flexibility index (Phi) is 4.40. The van der Waals surface area contributed by atoms with Crippen LogP contribution in [0.25, 0.3) is 0 Å². The molecule has 106 valence electrons. The lowest BCUT2D eigenvalue weighted by atomic mass is 10.0. The summed E-state index contributed by atoms with van der Waals surface area (Å²) in [6.07, 6.45) is -3.33. The third kappa shape index (κ3) is 3.63. The molecule has 0 spiro atoms. The second kappa shape index (κ2) is 5.71. The predicted molar refractivity (Wildman–Crippen MR) is 71.2 cm³/mol. The quantitative estimate of drug-likeness (QED) is 0.887. The van der Waals surface area contributed by atoms with E-state index in [0.717, 1.165) is 25.2 Å². The number of anilines is 1. The van der Waals surface area contributed by atoms with Gasteiger partial charge in [0.1, 0.15) is 0 Å². The molecule has 19 heavy (non-hydrogen) atoms. The minimum absolute atomic E-state index is 0.163. The van der Waals surface area contributed by atoms with Crippen LogP contribution in [0.1, 0.15) is 18.9 Å². The maximum absolute atomic E-state index is 12.5. The Balaban J connectivity index is 2.08. The van der Waals surface area contributed by atoms with Crippen LogP contribution in [0.3, 0.4) is 0 Å². The van der Waals surface area contributed by atoms with Crippen molar-refractivity contribution in [1.29, 1.82) is 0 Å². The van der Waals surface area contributed by atoms with Crippen molar-refractivity contribution in [2.45, 2.75) is 25.6 Å². The normalized spacial score (nSPS) is 21.4. The Morgan fingerprint density at radius 1 is 1.42 bits per heavy atom. The minimum atomic E-state index is -4.31. The van der Waals surface area contributed by atoms with E-state index in [-0.39, 0.29) is 6.04 Å². The standard InChI is InChI=1S/C13H15BrF3NO/c1-8(9-4-5-19-7-9)18-12-3-2-10(6-11(12)14)13(15,16)17/h2-3,6,8-9,18H,4-5,7H2,1H3. The molecule has 0 radical (unpaired) electrons. The second-order valence-corrected chi connectivity index (χ2v) is 5.60. The summed E-state index contributed by atoms with van der Waals surface area (Å²) < 4.78 is 43.4. The lowest BCUT2D eigenvalue weighted by Gasteiger charge is -2.21. The highest BCUT2D eigenvalue weighted by molar-refractivity contribution is 9.10. The molecule has 0 bridgehead atoms. The van der Waals surface area contributed by atoms with Gasteiger partial charge in [0.15, 0.2) is 0 Å². The summed E-state index contributed by atoms with van der Waals surface area (Å²) in [5.74, 6) is 0.397. The highest BCUT2D eigenvalue weighted by Crippen LogP contribution is 2.34. The van der Waals surface area contributed by atoms with Crippen molar-refractivity contribution in [2.24, 2.45) is 5.92 Å². The van der Waals surface area contributed by atoms with Crippen LogP contribution in [-0.2, 0) is 10.9 Å². The number of alkyl halides is 3. The van der Waals surface area contributed by atoms with Crippen LogP contribution in [0.4, 0.5) is 18.9 Å². The molecule has 2 rings (SSSR count). The monoisotopic (exact) mass is 337 g/mol. The highest BCUT2D eigenvalue weighted by atomic mass is 79.9. The van der Waals surface area contributed by atoms with E-state index in [1.54, 1.807) is 0 Å². The molecule has 0 aromatic heterocycles. The van der Waals surface area contributed by atoms with Gasteiger partial charge in [-0.2, -0.15) is 13.2 Å². The molecule has 2 atom stereocenters.